The Kier molecular flexibility index (Phi) is 6.06. The second-order valence-electron chi connectivity index (χ2n) is 5.28. The molecular weight excluding hydrogens is 349 g/mol. The van der Waals surface area contributed by atoms with Crippen molar-refractivity contribution in [1.82, 2.24) is 10.6 Å². The average Bonchev–Trinajstić information content (AvgIpc) is 2.55. The summed E-state index contributed by atoms with van der Waals surface area (Å²) in [6.07, 6.45) is 0. The van der Waals surface area contributed by atoms with Crippen molar-refractivity contribution < 1.29 is 9.59 Å². The molecule has 0 aromatic heterocycles. The Morgan fingerprint density at radius 2 is 1.75 bits per heavy atom. The van der Waals surface area contributed by atoms with E-state index < -0.39 is 6.03 Å². The van der Waals surface area contributed by atoms with Gasteiger partial charge >= 0.3 is 6.03 Å². The minimum absolute atomic E-state index is 0.206. The molecule has 2 rings (SSSR count). The monoisotopic (exact) mass is 365 g/mol. The predicted octanol–water partition coefficient (Wildman–Crippen LogP) is 3.65. The highest BCUT2D eigenvalue weighted by Gasteiger charge is 2.12. The molecule has 0 aliphatic rings. The number of amides is 3. The maximum absolute atomic E-state index is 12.3. The van der Waals surface area contributed by atoms with E-state index in [9.17, 15) is 9.59 Å². The van der Waals surface area contributed by atoms with Crippen LogP contribution in [0.25, 0.3) is 0 Å². The molecule has 0 unspecified atom stereocenters. The Morgan fingerprint density at radius 3 is 2.33 bits per heavy atom. The van der Waals surface area contributed by atoms with Crippen molar-refractivity contribution in [3.05, 3.63) is 69.2 Å². The first-order chi connectivity index (χ1) is 11.4. The molecule has 0 bridgehead atoms. The van der Waals surface area contributed by atoms with Crippen LogP contribution < -0.4 is 16.4 Å². The van der Waals surface area contributed by atoms with Gasteiger partial charge in [0.25, 0.3) is 5.91 Å². The van der Waals surface area contributed by atoms with Crippen LogP contribution in [0.3, 0.4) is 0 Å². The van der Waals surface area contributed by atoms with Crippen LogP contribution in [0.4, 0.5) is 4.79 Å². The molecule has 24 heavy (non-hydrogen) atoms. The molecule has 126 valence electrons. The van der Waals surface area contributed by atoms with Crippen molar-refractivity contribution in [1.29, 1.82) is 0 Å². The lowest BCUT2D eigenvalue weighted by atomic mass is 10.1. The van der Waals surface area contributed by atoms with Crippen molar-refractivity contribution >= 4 is 35.1 Å². The molecule has 0 heterocycles. The molecule has 0 spiro atoms. The molecule has 0 saturated heterocycles. The summed E-state index contributed by atoms with van der Waals surface area (Å²) in [6.45, 7) is 2.18. The Labute approximate surface area is 150 Å². The van der Waals surface area contributed by atoms with Crippen LogP contribution in [-0.2, 0) is 6.54 Å². The van der Waals surface area contributed by atoms with E-state index in [0.717, 1.165) is 11.1 Å². The molecule has 2 aromatic rings. The zero-order valence-electron chi connectivity index (χ0n) is 13.0. The normalized spacial score (nSPS) is 11.6. The zero-order valence-corrected chi connectivity index (χ0v) is 14.5. The number of urea groups is 1. The molecule has 1 atom stereocenters. The lowest BCUT2D eigenvalue weighted by Crippen LogP contribution is -2.28. The van der Waals surface area contributed by atoms with Gasteiger partial charge in [-0.3, -0.25) is 4.79 Å². The summed E-state index contributed by atoms with van der Waals surface area (Å²) in [7, 11) is 0. The van der Waals surface area contributed by atoms with Gasteiger partial charge in [0.05, 0.1) is 16.1 Å². The zero-order chi connectivity index (χ0) is 17.7. The Bertz CT molecular complexity index is 748. The van der Waals surface area contributed by atoms with Crippen LogP contribution in [0, 0.1) is 0 Å². The van der Waals surface area contributed by atoms with Crippen molar-refractivity contribution in [3.8, 4) is 0 Å². The van der Waals surface area contributed by atoms with Crippen LogP contribution >= 0.6 is 23.2 Å². The molecule has 3 amide bonds. The van der Waals surface area contributed by atoms with E-state index in [4.69, 9.17) is 28.9 Å². The van der Waals surface area contributed by atoms with Gasteiger partial charge in [-0.15, -0.1) is 0 Å². The topological polar surface area (TPSA) is 84.2 Å². The van der Waals surface area contributed by atoms with E-state index in [2.05, 4.69) is 10.6 Å². The molecule has 2 aromatic carbocycles. The minimum Gasteiger partial charge on any atom is -0.352 e. The number of hydrogen-bond donors (Lipinski definition) is 3. The number of hydrogen-bond acceptors (Lipinski definition) is 2. The maximum atomic E-state index is 12.3. The van der Waals surface area contributed by atoms with Crippen LogP contribution in [0.2, 0.25) is 10.0 Å². The van der Waals surface area contributed by atoms with Crippen molar-refractivity contribution in [3.63, 3.8) is 0 Å². The van der Waals surface area contributed by atoms with Gasteiger partial charge in [-0.25, -0.2) is 4.79 Å². The van der Waals surface area contributed by atoms with E-state index in [0.29, 0.717) is 22.2 Å². The third kappa shape index (κ3) is 4.88. The highest BCUT2D eigenvalue weighted by Crippen LogP contribution is 2.25. The number of rotatable bonds is 5. The Morgan fingerprint density at radius 1 is 1.08 bits per heavy atom. The first-order valence-electron chi connectivity index (χ1n) is 7.25. The number of nitrogens with one attached hydrogen (secondary N) is 2. The fraction of sp³-hybridized carbons (Fsp3) is 0.176. The number of carbonyl (C=O) groups excluding carboxylic acids is 2. The molecule has 5 nitrogen and oxygen atoms in total. The van der Waals surface area contributed by atoms with Gasteiger partial charge in [-0.05, 0) is 42.3 Å². The first kappa shape index (κ1) is 18.1. The Hall–Kier alpha value is -2.24. The van der Waals surface area contributed by atoms with E-state index in [1.165, 1.54) is 0 Å². The van der Waals surface area contributed by atoms with Gasteiger partial charge < -0.3 is 16.4 Å². The molecule has 0 aliphatic carbocycles. The smallest absolute Gasteiger partial charge is 0.312 e. The van der Waals surface area contributed by atoms with Gasteiger partial charge in [0, 0.05) is 12.1 Å². The third-order valence-corrected chi connectivity index (χ3v) is 4.21. The summed E-state index contributed by atoms with van der Waals surface area (Å²) in [5.74, 6) is -0.206. The van der Waals surface area contributed by atoms with Gasteiger partial charge in [0.15, 0.2) is 0 Å². The van der Waals surface area contributed by atoms with Gasteiger partial charge in [-0.2, -0.15) is 0 Å². The highest BCUT2D eigenvalue weighted by molar-refractivity contribution is 6.42. The van der Waals surface area contributed by atoms with Crippen molar-refractivity contribution in [2.75, 3.05) is 0 Å². The summed E-state index contributed by atoms with van der Waals surface area (Å²) in [5.41, 5.74) is 7.25. The fourth-order valence-corrected chi connectivity index (χ4v) is 2.41. The molecular formula is C17H17Cl2N3O2. The lowest BCUT2D eigenvalue weighted by molar-refractivity contribution is 0.0940. The quantitative estimate of drug-likeness (QED) is 0.755. The number of nitrogens with two attached hydrogens (primary N) is 1. The highest BCUT2D eigenvalue weighted by atomic mass is 35.5. The van der Waals surface area contributed by atoms with E-state index >= 15 is 0 Å². The van der Waals surface area contributed by atoms with Crippen LogP contribution in [0.15, 0.2) is 42.5 Å². The molecule has 0 radical (unpaired) electrons. The van der Waals surface area contributed by atoms with Gasteiger partial charge in [0.1, 0.15) is 0 Å². The van der Waals surface area contributed by atoms with E-state index in [1.54, 1.807) is 36.4 Å². The summed E-state index contributed by atoms with van der Waals surface area (Å²) in [4.78, 5) is 23.0. The molecule has 4 N–H and O–H groups in total. The molecule has 0 aliphatic heterocycles. The van der Waals surface area contributed by atoms with Crippen LogP contribution in [0.5, 0.6) is 0 Å². The SMILES string of the molecule is C[C@H](NC(=O)c1ccc(CNC(N)=O)cc1)c1ccc(Cl)c(Cl)c1. The second-order valence-corrected chi connectivity index (χ2v) is 6.10. The predicted molar refractivity (Wildman–Crippen MR) is 95.2 cm³/mol. The fourth-order valence-electron chi connectivity index (χ4n) is 2.11. The largest absolute Gasteiger partial charge is 0.352 e. The standard InChI is InChI=1S/C17H17Cl2N3O2/c1-10(13-6-7-14(18)15(19)8-13)22-16(23)12-4-2-11(3-5-12)9-21-17(20)24/h2-8,10H,9H2,1H3,(H,22,23)(H3,20,21,24)/t10-/m0/s1. The summed E-state index contributed by atoms with van der Waals surface area (Å²) in [6, 6.07) is 11.3. The molecule has 7 heteroatoms. The first-order valence-corrected chi connectivity index (χ1v) is 8.00. The second kappa shape index (κ2) is 8.04. The number of primary amides is 1. The van der Waals surface area contributed by atoms with Crippen LogP contribution in [0.1, 0.15) is 34.5 Å². The number of halogens is 2. The Balaban J connectivity index is 2.00. The van der Waals surface area contributed by atoms with Gasteiger partial charge in [0.2, 0.25) is 0 Å². The van der Waals surface area contributed by atoms with E-state index in [1.807, 2.05) is 13.0 Å². The minimum atomic E-state index is -0.590. The number of carbonyl (C=O) groups is 2. The summed E-state index contributed by atoms with van der Waals surface area (Å²) < 4.78 is 0. The summed E-state index contributed by atoms with van der Waals surface area (Å²) in [5, 5.41) is 6.30. The van der Waals surface area contributed by atoms with E-state index in [-0.39, 0.29) is 11.9 Å². The van der Waals surface area contributed by atoms with Crippen molar-refractivity contribution in [2.45, 2.75) is 19.5 Å². The van der Waals surface area contributed by atoms with Crippen LogP contribution in [-0.4, -0.2) is 11.9 Å². The third-order valence-electron chi connectivity index (χ3n) is 3.47. The molecule has 0 saturated carbocycles. The van der Waals surface area contributed by atoms with Crippen molar-refractivity contribution in [2.24, 2.45) is 5.73 Å². The average molecular weight is 366 g/mol. The van der Waals surface area contributed by atoms with Gasteiger partial charge in [-0.1, -0.05) is 41.4 Å². The summed E-state index contributed by atoms with van der Waals surface area (Å²) >= 11 is 11.9. The molecule has 0 fully saturated rings. The lowest BCUT2D eigenvalue weighted by Gasteiger charge is -2.15. The maximum Gasteiger partial charge on any atom is 0.312 e. The number of benzene rings is 2.